The molecule has 8 aromatic carbocycles. The maximum absolute atomic E-state index is 4.84. The van der Waals surface area contributed by atoms with E-state index in [1.807, 2.05) is 23.6 Å². The fraction of sp³-hybridized carbons (Fsp3) is 0.0185. The Kier molecular flexibility index (Phi) is 7.20. The Morgan fingerprint density at radius 1 is 0.439 bits per heavy atom. The van der Waals surface area contributed by atoms with Crippen LogP contribution in [0.4, 0.5) is 0 Å². The Bertz CT molecular complexity index is 3360. The molecule has 0 saturated carbocycles. The van der Waals surface area contributed by atoms with E-state index in [1.165, 1.54) is 97.0 Å². The number of dihydropyridines is 1. The van der Waals surface area contributed by atoms with Gasteiger partial charge in [0.2, 0.25) is 0 Å². The molecule has 1 aliphatic heterocycles. The zero-order valence-electron chi connectivity index (χ0n) is 30.9. The van der Waals surface area contributed by atoms with E-state index in [9.17, 15) is 0 Å². The molecule has 0 spiro atoms. The van der Waals surface area contributed by atoms with Crippen molar-refractivity contribution in [2.24, 2.45) is 0 Å². The summed E-state index contributed by atoms with van der Waals surface area (Å²) in [6.45, 7) is 0. The quantitative estimate of drug-likeness (QED) is 0.182. The summed E-state index contributed by atoms with van der Waals surface area (Å²) in [7, 11) is 0. The van der Waals surface area contributed by atoms with Crippen LogP contribution in [-0.2, 0) is 0 Å². The fourth-order valence-electron chi connectivity index (χ4n) is 9.34. The zero-order chi connectivity index (χ0) is 37.5. The summed E-state index contributed by atoms with van der Waals surface area (Å²) in [5.74, 6) is 0. The maximum Gasteiger partial charge on any atom is 0.0946 e. The second-order valence-electron chi connectivity index (χ2n) is 15.1. The third kappa shape index (κ3) is 5.06. The van der Waals surface area contributed by atoms with Crippen molar-refractivity contribution in [1.29, 1.82) is 0 Å². The molecular weight excluding hydrogens is 709 g/mol. The number of hydrogen-bond donors (Lipinski definition) is 1. The lowest BCUT2D eigenvalue weighted by molar-refractivity contribution is 0.704. The van der Waals surface area contributed by atoms with Gasteiger partial charge in [0.05, 0.1) is 11.7 Å². The van der Waals surface area contributed by atoms with Crippen LogP contribution < -0.4 is 5.32 Å². The molecule has 1 N–H and O–H groups in total. The van der Waals surface area contributed by atoms with E-state index in [2.05, 4.69) is 187 Å². The molecule has 1 unspecified atom stereocenters. The first kappa shape index (κ1) is 32.2. The summed E-state index contributed by atoms with van der Waals surface area (Å²) in [5.41, 5.74) is 13.0. The van der Waals surface area contributed by atoms with Crippen molar-refractivity contribution in [3.8, 4) is 33.4 Å². The molecule has 1 atom stereocenters. The van der Waals surface area contributed by atoms with Gasteiger partial charge in [0, 0.05) is 37.6 Å². The first-order chi connectivity index (χ1) is 28.3. The van der Waals surface area contributed by atoms with E-state index in [1.54, 1.807) is 0 Å². The van der Waals surface area contributed by atoms with Crippen molar-refractivity contribution in [3.63, 3.8) is 0 Å². The summed E-state index contributed by atoms with van der Waals surface area (Å²) < 4.78 is 2.57. The van der Waals surface area contributed by atoms with Crippen LogP contribution in [0.3, 0.4) is 0 Å². The molecule has 0 amide bonds. The highest BCUT2D eigenvalue weighted by molar-refractivity contribution is 7.25. The molecule has 3 heteroatoms. The summed E-state index contributed by atoms with van der Waals surface area (Å²) in [5, 5.41) is 14.2. The van der Waals surface area contributed by atoms with Crippen LogP contribution in [0, 0.1) is 0 Å². The molecule has 0 bridgehead atoms. The number of rotatable bonds is 4. The van der Waals surface area contributed by atoms with Crippen molar-refractivity contribution in [2.45, 2.75) is 6.04 Å². The lowest BCUT2D eigenvalue weighted by Gasteiger charge is -2.30. The molecule has 12 rings (SSSR count). The number of fused-ring (bicyclic) bond motifs is 12. The van der Waals surface area contributed by atoms with E-state index >= 15 is 0 Å². The zero-order valence-corrected chi connectivity index (χ0v) is 31.7. The Balaban J connectivity index is 1.04. The van der Waals surface area contributed by atoms with Gasteiger partial charge in [-0.2, -0.15) is 0 Å². The lowest BCUT2D eigenvalue weighted by atomic mass is 9.86. The molecule has 0 saturated heterocycles. The van der Waals surface area contributed by atoms with Crippen LogP contribution in [0.1, 0.15) is 22.9 Å². The molecule has 2 aliphatic rings. The van der Waals surface area contributed by atoms with Gasteiger partial charge in [-0.15, -0.1) is 11.3 Å². The van der Waals surface area contributed by atoms with Gasteiger partial charge in [0.15, 0.2) is 0 Å². The average molecular weight is 743 g/mol. The van der Waals surface area contributed by atoms with Crippen molar-refractivity contribution < 1.29 is 0 Å². The van der Waals surface area contributed by atoms with Gasteiger partial charge in [-0.25, -0.2) is 0 Å². The van der Waals surface area contributed by atoms with E-state index in [4.69, 9.17) is 4.98 Å². The standard InChI is InChI=1S/C54H34N2S/c1-3-15-39(37(13-1)35-25-27-45-43-19-6-5-17-41(43)42-18-7-8-20-44(42)47(45)30-35)40-16-4-2-14-38(40)36-31-48(52-46-21-9-10-22-50(46)57-51(52)32-36)49-28-26-34-24-23-33-12-11-29-55-53(33)54(34)56-49/h1-32,54,56H. The monoisotopic (exact) mass is 742 g/mol. The normalized spacial score (nSPS) is 14.8. The fourth-order valence-corrected chi connectivity index (χ4v) is 10.5. The number of thiophene rings is 1. The highest BCUT2D eigenvalue weighted by Gasteiger charge is 2.27. The predicted octanol–water partition coefficient (Wildman–Crippen LogP) is 14.5. The number of pyridine rings is 1. The summed E-state index contributed by atoms with van der Waals surface area (Å²) in [6, 6.07) is 60.3. The summed E-state index contributed by atoms with van der Waals surface area (Å²) >= 11 is 1.87. The first-order valence-corrected chi connectivity index (χ1v) is 20.4. The molecule has 57 heavy (non-hydrogen) atoms. The van der Waals surface area contributed by atoms with Crippen LogP contribution in [0.2, 0.25) is 0 Å². The molecule has 2 aromatic heterocycles. The van der Waals surface area contributed by atoms with Gasteiger partial charge < -0.3 is 5.32 Å². The van der Waals surface area contributed by atoms with Gasteiger partial charge in [0.1, 0.15) is 0 Å². The number of allylic oxidation sites excluding steroid dienone is 2. The Morgan fingerprint density at radius 2 is 1.05 bits per heavy atom. The average Bonchev–Trinajstić information content (AvgIpc) is 3.67. The Hall–Kier alpha value is -7.07. The van der Waals surface area contributed by atoms with Gasteiger partial charge >= 0.3 is 0 Å². The summed E-state index contributed by atoms with van der Waals surface area (Å²) in [6.07, 6.45) is 10.8. The van der Waals surface area contributed by atoms with Gasteiger partial charge in [0.25, 0.3) is 0 Å². The van der Waals surface area contributed by atoms with Crippen LogP contribution in [-0.4, -0.2) is 4.98 Å². The molecular formula is C54H34N2S. The van der Waals surface area contributed by atoms with E-state index in [0.717, 1.165) is 17.0 Å². The molecule has 2 nitrogen and oxygen atoms in total. The minimum absolute atomic E-state index is 0.00830. The topological polar surface area (TPSA) is 24.9 Å². The molecule has 1 aliphatic carbocycles. The van der Waals surface area contributed by atoms with Gasteiger partial charge in [-0.1, -0.05) is 152 Å². The van der Waals surface area contributed by atoms with Gasteiger partial charge in [-0.05, 0) is 113 Å². The third-order valence-electron chi connectivity index (χ3n) is 12.0. The lowest BCUT2D eigenvalue weighted by Crippen LogP contribution is -2.27. The van der Waals surface area contributed by atoms with Gasteiger partial charge in [-0.3, -0.25) is 4.98 Å². The number of nitrogens with zero attached hydrogens (tertiary/aromatic N) is 1. The van der Waals surface area contributed by atoms with Crippen molar-refractivity contribution in [2.75, 3.05) is 0 Å². The van der Waals surface area contributed by atoms with Crippen LogP contribution in [0.25, 0.3) is 97.6 Å². The van der Waals surface area contributed by atoms with Crippen LogP contribution in [0.5, 0.6) is 0 Å². The second kappa shape index (κ2) is 12.7. The van der Waals surface area contributed by atoms with E-state index in [0.29, 0.717) is 0 Å². The van der Waals surface area contributed by atoms with E-state index < -0.39 is 0 Å². The van der Waals surface area contributed by atoms with Crippen molar-refractivity contribution >= 4 is 75.6 Å². The number of hydrogen-bond acceptors (Lipinski definition) is 3. The molecule has 0 fully saturated rings. The van der Waals surface area contributed by atoms with Crippen LogP contribution >= 0.6 is 11.3 Å². The second-order valence-corrected chi connectivity index (χ2v) is 16.2. The molecule has 0 radical (unpaired) electrons. The van der Waals surface area contributed by atoms with Crippen molar-refractivity contribution in [1.82, 2.24) is 10.3 Å². The Labute approximate surface area is 334 Å². The SMILES string of the molecule is C1=Cc2cccnc2C2NC(c3cc(-c4ccccc4-c4ccccc4-c4ccc5c6ccccc6c6ccccc6c5c4)cc4sc5ccccc5c34)=CC=C12. The maximum atomic E-state index is 4.84. The minimum atomic E-state index is -0.00830. The molecule has 10 aromatic rings. The Morgan fingerprint density at radius 3 is 1.79 bits per heavy atom. The number of benzene rings is 8. The smallest absolute Gasteiger partial charge is 0.0946 e. The first-order valence-electron chi connectivity index (χ1n) is 19.6. The van der Waals surface area contributed by atoms with E-state index in [-0.39, 0.29) is 6.04 Å². The highest BCUT2D eigenvalue weighted by atomic mass is 32.1. The largest absolute Gasteiger partial charge is 0.372 e. The predicted molar refractivity (Wildman–Crippen MR) is 243 cm³/mol. The minimum Gasteiger partial charge on any atom is -0.372 e. The number of nitrogens with one attached hydrogen (secondary N) is 1. The van der Waals surface area contributed by atoms with Crippen molar-refractivity contribution in [3.05, 3.63) is 211 Å². The highest BCUT2D eigenvalue weighted by Crippen LogP contribution is 2.46. The number of aromatic nitrogens is 1. The summed E-state index contributed by atoms with van der Waals surface area (Å²) in [4.78, 5) is 4.84. The molecule has 266 valence electrons. The molecule has 3 heterocycles. The van der Waals surface area contributed by atoms with Crippen LogP contribution in [0.15, 0.2) is 194 Å². The third-order valence-corrected chi connectivity index (χ3v) is 13.1.